The van der Waals surface area contributed by atoms with E-state index in [1.165, 1.54) is 25.7 Å². The van der Waals surface area contributed by atoms with Crippen LogP contribution in [0.25, 0.3) is 0 Å². The van der Waals surface area contributed by atoms with Crippen molar-refractivity contribution in [2.75, 3.05) is 14.2 Å². The van der Waals surface area contributed by atoms with Crippen LogP contribution in [0.15, 0.2) is 18.2 Å². The van der Waals surface area contributed by atoms with Gasteiger partial charge in [-0.1, -0.05) is 12.5 Å². The fourth-order valence-electron chi connectivity index (χ4n) is 3.93. The van der Waals surface area contributed by atoms with E-state index in [0.29, 0.717) is 5.92 Å². The molecule has 0 saturated heterocycles. The molecule has 4 atom stereocenters. The van der Waals surface area contributed by atoms with Gasteiger partial charge in [0, 0.05) is 11.6 Å². The van der Waals surface area contributed by atoms with Crippen molar-refractivity contribution in [2.24, 2.45) is 17.8 Å². The molecule has 19 heavy (non-hydrogen) atoms. The van der Waals surface area contributed by atoms with Gasteiger partial charge in [-0.15, -0.1) is 11.6 Å². The zero-order valence-electron chi connectivity index (χ0n) is 11.6. The number of alkyl halides is 1. The van der Waals surface area contributed by atoms with Crippen LogP contribution in [-0.4, -0.2) is 14.2 Å². The van der Waals surface area contributed by atoms with Crippen molar-refractivity contribution in [3.05, 3.63) is 23.8 Å². The summed E-state index contributed by atoms with van der Waals surface area (Å²) in [6, 6.07) is 5.96. The first-order chi connectivity index (χ1) is 9.22. The quantitative estimate of drug-likeness (QED) is 0.760. The molecule has 1 aromatic carbocycles. The van der Waals surface area contributed by atoms with E-state index in [4.69, 9.17) is 21.1 Å². The van der Waals surface area contributed by atoms with Crippen molar-refractivity contribution < 1.29 is 9.47 Å². The maximum atomic E-state index is 6.77. The summed E-state index contributed by atoms with van der Waals surface area (Å²) in [5.74, 6) is 4.02. The molecule has 0 amide bonds. The molecule has 3 rings (SSSR count). The lowest BCUT2D eigenvalue weighted by Crippen LogP contribution is -2.16. The van der Waals surface area contributed by atoms with Crippen LogP contribution in [0, 0.1) is 17.8 Å². The Labute approximate surface area is 120 Å². The zero-order valence-corrected chi connectivity index (χ0v) is 12.3. The molecular formula is C16H21ClO2. The van der Waals surface area contributed by atoms with Crippen LogP contribution in [0.1, 0.15) is 36.6 Å². The SMILES string of the molecule is COc1ccc(C(Cl)C2CC3CCC2C3)c(OC)c1. The number of fused-ring (bicyclic) bond motifs is 2. The van der Waals surface area contributed by atoms with Gasteiger partial charge >= 0.3 is 0 Å². The summed E-state index contributed by atoms with van der Waals surface area (Å²) in [6.45, 7) is 0. The molecule has 2 bridgehead atoms. The van der Waals surface area contributed by atoms with Gasteiger partial charge in [-0.05, 0) is 43.1 Å². The van der Waals surface area contributed by atoms with Crippen molar-refractivity contribution in [2.45, 2.75) is 31.1 Å². The Kier molecular flexibility index (Phi) is 3.62. The first-order valence-corrected chi connectivity index (χ1v) is 7.52. The van der Waals surface area contributed by atoms with Gasteiger partial charge in [0.15, 0.2) is 0 Å². The lowest BCUT2D eigenvalue weighted by atomic mass is 9.83. The van der Waals surface area contributed by atoms with E-state index in [9.17, 15) is 0 Å². The number of halogens is 1. The third-order valence-electron chi connectivity index (χ3n) is 4.91. The third-order valence-corrected chi connectivity index (χ3v) is 5.47. The van der Waals surface area contributed by atoms with Crippen LogP contribution in [0.2, 0.25) is 0 Å². The average Bonchev–Trinajstić information content (AvgIpc) is 3.08. The standard InChI is InChI=1S/C16H21ClO2/c1-18-12-5-6-13(15(9-12)19-2)16(17)14-8-10-3-4-11(14)7-10/h5-6,9-11,14,16H,3-4,7-8H2,1-2H3. The molecule has 0 N–H and O–H groups in total. The summed E-state index contributed by atoms with van der Waals surface area (Å²) in [6.07, 6.45) is 5.43. The van der Waals surface area contributed by atoms with E-state index in [1.807, 2.05) is 12.1 Å². The van der Waals surface area contributed by atoms with Crippen molar-refractivity contribution in [3.63, 3.8) is 0 Å². The minimum atomic E-state index is 0.0659. The topological polar surface area (TPSA) is 18.5 Å². The second-order valence-electron chi connectivity index (χ2n) is 5.85. The minimum absolute atomic E-state index is 0.0659. The van der Waals surface area contributed by atoms with E-state index >= 15 is 0 Å². The maximum absolute atomic E-state index is 6.77. The van der Waals surface area contributed by atoms with Gasteiger partial charge in [-0.25, -0.2) is 0 Å². The van der Waals surface area contributed by atoms with Crippen molar-refractivity contribution >= 4 is 11.6 Å². The molecule has 0 aliphatic heterocycles. The molecule has 2 aliphatic rings. The Bertz CT molecular complexity index is 460. The number of methoxy groups -OCH3 is 2. The number of benzene rings is 1. The predicted molar refractivity (Wildman–Crippen MR) is 77.1 cm³/mol. The molecule has 2 aliphatic carbocycles. The molecule has 1 aromatic rings. The molecule has 3 heteroatoms. The highest BCUT2D eigenvalue weighted by Gasteiger charge is 2.43. The van der Waals surface area contributed by atoms with E-state index in [1.54, 1.807) is 14.2 Å². The molecule has 0 aromatic heterocycles. The Morgan fingerprint density at radius 2 is 2.00 bits per heavy atom. The monoisotopic (exact) mass is 280 g/mol. The lowest BCUT2D eigenvalue weighted by Gasteiger charge is -2.27. The van der Waals surface area contributed by atoms with E-state index in [-0.39, 0.29) is 5.38 Å². The Morgan fingerprint density at radius 1 is 1.16 bits per heavy atom. The highest BCUT2D eigenvalue weighted by Crippen LogP contribution is 2.55. The van der Waals surface area contributed by atoms with Gasteiger partial charge in [-0.3, -0.25) is 0 Å². The fourth-order valence-corrected chi connectivity index (χ4v) is 4.42. The smallest absolute Gasteiger partial charge is 0.127 e. The highest BCUT2D eigenvalue weighted by molar-refractivity contribution is 6.21. The van der Waals surface area contributed by atoms with Crippen LogP contribution >= 0.6 is 11.6 Å². The van der Waals surface area contributed by atoms with E-state index in [2.05, 4.69) is 6.07 Å². The van der Waals surface area contributed by atoms with Crippen LogP contribution in [0.5, 0.6) is 11.5 Å². The van der Waals surface area contributed by atoms with Crippen LogP contribution in [0.4, 0.5) is 0 Å². The average molecular weight is 281 g/mol. The van der Waals surface area contributed by atoms with Crippen molar-refractivity contribution in [1.29, 1.82) is 0 Å². The van der Waals surface area contributed by atoms with Gasteiger partial charge in [0.2, 0.25) is 0 Å². The normalized spacial score (nSPS) is 30.4. The largest absolute Gasteiger partial charge is 0.497 e. The molecule has 0 spiro atoms. The molecule has 0 radical (unpaired) electrons. The molecule has 104 valence electrons. The molecule has 2 fully saturated rings. The van der Waals surface area contributed by atoms with E-state index in [0.717, 1.165) is 28.9 Å². The highest BCUT2D eigenvalue weighted by atomic mass is 35.5. The molecule has 0 heterocycles. The van der Waals surface area contributed by atoms with Gasteiger partial charge in [-0.2, -0.15) is 0 Å². The summed E-state index contributed by atoms with van der Waals surface area (Å²) < 4.78 is 10.7. The number of hydrogen-bond acceptors (Lipinski definition) is 2. The van der Waals surface area contributed by atoms with Gasteiger partial charge in [0.05, 0.1) is 19.6 Å². The summed E-state index contributed by atoms with van der Waals surface area (Å²) in [5.41, 5.74) is 1.11. The first kappa shape index (κ1) is 13.1. The Morgan fingerprint density at radius 3 is 2.58 bits per heavy atom. The van der Waals surface area contributed by atoms with Crippen molar-refractivity contribution in [3.8, 4) is 11.5 Å². The summed E-state index contributed by atoms with van der Waals surface area (Å²) in [5, 5.41) is 0.0659. The number of ether oxygens (including phenoxy) is 2. The molecule has 2 nitrogen and oxygen atoms in total. The number of hydrogen-bond donors (Lipinski definition) is 0. The summed E-state index contributed by atoms with van der Waals surface area (Å²) in [7, 11) is 3.37. The minimum Gasteiger partial charge on any atom is -0.497 e. The van der Waals surface area contributed by atoms with Crippen LogP contribution in [-0.2, 0) is 0 Å². The Hall–Kier alpha value is -0.890. The fraction of sp³-hybridized carbons (Fsp3) is 0.625. The predicted octanol–water partition coefficient (Wildman–Crippen LogP) is 4.42. The van der Waals surface area contributed by atoms with Crippen LogP contribution in [0.3, 0.4) is 0 Å². The summed E-state index contributed by atoms with van der Waals surface area (Å²) >= 11 is 6.77. The second kappa shape index (κ2) is 5.24. The van der Waals surface area contributed by atoms with Gasteiger partial charge in [0.1, 0.15) is 11.5 Å². The number of rotatable bonds is 4. The molecular weight excluding hydrogens is 260 g/mol. The van der Waals surface area contributed by atoms with Crippen LogP contribution < -0.4 is 9.47 Å². The van der Waals surface area contributed by atoms with E-state index < -0.39 is 0 Å². The van der Waals surface area contributed by atoms with Gasteiger partial charge < -0.3 is 9.47 Å². The third kappa shape index (κ3) is 2.31. The zero-order chi connectivity index (χ0) is 13.4. The maximum Gasteiger partial charge on any atom is 0.127 e. The van der Waals surface area contributed by atoms with Crippen molar-refractivity contribution in [1.82, 2.24) is 0 Å². The molecule has 2 saturated carbocycles. The molecule has 4 unspecified atom stereocenters. The lowest BCUT2D eigenvalue weighted by molar-refractivity contribution is 0.317. The summed E-state index contributed by atoms with van der Waals surface area (Å²) in [4.78, 5) is 0. The Balaban J connectivity index is 1.85. The second-order valence-corrected chi connectivity index (χ2v) is 6.32. The van der Waals surface area contributed by atoms with Gasteiger partial charge in [0.25, 0.3) is 0 Å². The first-order valence-electron chi connectivity index (χ1n) is 7.09.